The second-order valence-corrected chi connectivity index (χ2v) is 2.44. The summed E-state index contributed by atoms with van der Waals surface area (Å²) in [6, 6.07) is 0. The third-order valence-corrected chi connectivity index (χ3v) is 1.71. The average molecular weight is 161 g/mol. The molecule has 0 unspecified atom stereocenters. The predicted molar refractivity (Wildman–Crippen MR) is 40.2 cm³/mol. The Kier molecular flexibility index (Phi) is 4.45. The molecule has 0 aromatic heterocycles. The van der Waals surface area contributed by atoms with Gasteiger partial charge in [0.05, 0.1) is 26.9 Å². The first-order valence-corrected chi connectivity index (χ1v) is 3.89. The SMILES string of the molecule is COOCCN1CCOCC1. The minimum Gasteiger partial charge on any atom is -0.379 e. The number of hydrogen-bond donors (Lipinski definition) is 0. The highest BCUT2D eigenvalue weighted by atomic mass is 17.2. The highest BCUT2D eigenvalue weighted by Gasteiger charge is 2.08. The van der Waals surface area contributed by atoms with Gasteiger partial charge in [-0.15, -0.1) is 0 Å². The molecule has 0 saturated carbocycles. The van der Waals surface area contributed by atoms with Gasteiger partial charge in [0.1, 0.15) is 0 Å². The third-order valence-electron chi connectivity index (χ3n) is 1.71. The lowest BCUT2D eigenvalue weighted by Gasteiger charge is -2.25. The Labute approximate surface area is 67.0 Å². The highest BCUT2D eigenvalue weighted by molar-refractivity contribution is 4.60. The van der Waals surface area contributed by atoms with Crippen molar-refractivity contribution in [1.82, 2.24) is 4.90 Å². The fourth-order valence-electron chi connectivity index (χ4n) is 1.07. The maximum atomic E-state index is 5.19. The molecule has 0 aromatic rings. The second kappa shape index (κ2) is 5.49. The highest BCUT2D eigenvalue weighted by Crippen LogP contribution is 1.95. The zero-order valence-electron chi connectivity index (χ0n) is 6.91. The van der Waals surface area contributed by atoms with Gasteiger partial charge in [-0.3, -0.25) is 4.90 Å². The van der Waals surface area contributed by atoms with E-state index in [1.807, 2.05) is 0 Å². The van der Waals surface area contributed by atoms with Crippen LogP contribution in [-0.2, 0) is 14.5 Å². The van der Waals surface area contributed by atoms with E-state index in [-0.39, 0.29) is 0 Å². The van der Waals surface area contributed by atoms with Crippen LogP contribution in [0.15, 0.2) is 0 Å². The first kappa shape index (κ1) is 8.93. The van der Waals surface area contributed by atoms with Crippen LogP contribution in [0.3, 0.4) is 0 Å². The molecule has 1 saturated heterocycles. The summed E-state index contributed by atoms with van der Waals surface area (Å²) in [6.07, 6.45) is 0. The largest absolute Gasteiger partial charge is 0.379 e. The number of ether oxygens (including phenoxy) is 1. The molecule has 0 aromatic carbocycles. The van der Waals surface area contributed by atoms with Crippen molar-refractivity contribution in [2.75, 3.05) is 46.6 Å². The Morgan fingerprint density at radius 2 is 2.09 bits per heavy atom. The first-order valence-electron chi connectivity index (χ1n) is 3.89. The monoisotopic (exact) mass is 161 g/mol. The zero-order chi connectivity index (χ0) is 7.94. The molecule has 0 aliphatic carbocycles. The van der Waals surface area contributed by atoms with Crippen molar-refractivity contribution in [2.45, 2.75) is 0 Å². The summed E-state index contributed by atoms with van der Waals surface area (Å²) in [6.45, 7) is 5.26. The summed E-state index contributed by atoms with van der Waals surface area (Å²) in [7, 11) is 1.53. The van der Waals surface area contributed by atoms with Crippen LogP contribution in [0.5, 0.6) is 0 Å². The van der Waals surface area contributed by atoms with Gasteiger partial charge in [-0.1, -0.05) is 0 Å². The maximum Gasteiger partial charge on any atom is 0.0949 e. The van der Waals surface area contributed by atoms with Crippen LogP contribution >= 0.6 is 0 Å². The molecule has 0 radical (unpaired) electrons. The molecule has 1 heterocycles. The van der Waals surface area contributed by atoms with E-state index in [2.05, 4.69) is 9.79 Å². The molecule has 0 atom stereocenters. The Morgan fingerprint density at radius 3 is 2.73 bits per heavy atom. The van der Waals surface area contributed by atoms with Crippen molar-refractivity contribution in [3.8, 4) is 0 Å². The lowest BCUT2D eigenvalue weighted by atomic mass is 10.4. The van der Waals surface area contributed by atoms with Gasteiger partial charge < -0.3 is 4.74 Å². The summed E-state index contributed by atoms with van der Waals surface area (Å²) < 4.78 is 5.19. The van der Waals surface area contributed by atoms with Crippen molar-refractivity contribution in [3.05, 3.63) is 0 Å². The second-order valence-electron chi connectivity index (χ2n) is 2.44. The van der Waals surface area contributed by atoms with E-state index >= 15 is 0 Å². The van der Waals surface area contributed by atoms with E-state index in [0.717, 1.165) is 32.8 Å². The van der Waals surface area contributed by atoms with Gasteiger partial charge in [0.15, 0.2) is 0 Å². The molecule has 0 N–H and O–H groups in total. The lowest BCUT2D eigenvalue weighted by Crippen LogP contribution is -2.38. The maximum absolute atomic E-state index is 5.19. The Hall–Kier alpha value is -0.160. The normalized spacial score (nSPS) is 20.5. The minimum absolute atomic E-state index is 0.635. The summed E-state index contributed by atoms with van der Waals surface area (Å²) in [4.78, 5) is 11.5. The quantitative estimate of drug-likeness (QED) is 0.327. The first-order chi connectivity index (χ1) is 5.43. The molecule has 1 fully saturated rings. The van der Waals surface area contributed by atoms with E-state index in [4.69, 9.17) is 9.62 Å². The van der Waals surface area contributed by atoms with Crippen LogP contribution in [0.4, 0.5) is 0 Å². The summed E-state index contributed by atoms with van der Waals surface area (Å²) >= 11 is 0. The fraction of sp³-hybridized carbons (Fsp3) is 1.00. The van der Waals surface area contributed by atoms with Crippen molar-refractivity contribution in [2.24, 2.45) is 0 Å². The van der Waals surface area contributed by atoms with Gasteiger partial charge >= 0.3 is 0 Å². The van der Waals surface area contributed by atoms with E-state index in [9.17, 15) is 0 Å². The summed E-state index contributed by atoms with van der Waals surface area (Å²) in [5.41, 5.74) is 0. The van der Waals surface area contributed by atoms with Crippen molar-refractivity contribution in [3.63, 3.8) is 0 Å². The number of morpholine rings is 1. The predicted octanol–water partition coefficient (Wildman–Crippen LogP) is -0.103. The molecular weight excluding hydrogens is 146 g/mol. The van der Waals surface area contributed by atoms with E-state index < -0.39 is 0 Å². The number of nitrogens with zero attached hydrogens (tertiary/aromatic N) is 1. The smallest absolute Gasteiger partial charge is 0.0949 e. The molecular formula is C7H15NO3. The van der Waals surface area contributed by atoms with Gasteiger partial charge in [0.25, 0.3) is 0 Å². The fourth-order valence-corrected chi connectivity index (χ4v) is 1.07. The molecule has 4 heteroatoms. The van der Waals surface area contributed by atoms with E-state index in [0.29, 0.717) is 6.61 Å². The summed E-state index contributed by atoms with van der Waals surface area (Å²) in [5.74, 6) is 0. The minimum atomic E-state index is 0.635. The van der Waals surface area contributed by atoms with Crippen LogP contribution in [-0.4, -0.2) is 51.5 Å². The lowest BCUT2D eigenvalue weighted by molar-refractivity contribution is -0.274. The number of hydrogen-bond acceptors (Lipinski definition) is 4. The molecule has 66 valence electrons. The van der Waals surface area contributed by atoms with Crippen LogP contribution in [0.1, 0.15) is 0 Å². The average Bonchev–Trinajstić information content (AvgIpc) is 2.07. The Bertz CT molecular complexity index is 93.7. The van der Waals surface area contributed by atoms with Crippen molar-refractivity contribution >= 4 is 0 Å². The Morgan fingerprint density at radius 1 is 1.36 bits per heavy atom. The molecule has 1 aliphatic rings. The third kappa shape index (κ3) is 3.67. The van der Waals surface area contributed by atoms with Crippen LogP contribution in [0.25, 0.3) is 0 Å². The molecule has 11 heavy (non-hydrogen) atoms. The standard InChI is InChI=1S/C7H15NO3/c1-9-11-7-4-8-2-5-10-6-3-8/h2-7H2,1H3. The van der Waals surface area contributed by atoms with E-state index in [1.165, 1.54) is 7.11 Å². The Balaban J connectivity index is 1.96. The number of rotatable bonds is 4. The van der Waals surface area contributed by atoms with E-state index in [1.54, 1.807) is 0 Å². The molecule has 1 aliphatic heterocycles. The van der Waals surface area contributed by atoms with Crippen LogP contribution < -0.4 is 0 Å². The van der Waals surface area contributed by atoms with Crippen LogP contribution in [0, 0.1) is 0 Å². The van der Waals surface area contributed by atoms with Gasteiger partial charge in [-0.2, -0.15) is 0 Å². The van der Waals surface area contributed by atoms with Gasteiger partial charge in [-0.05, 0) is 0 Å². The van der Waals surface area contributed by atoms with Gasteiger partial charge in [-0.25, -0.2) is 9.78 Å². The topological polar surface area (TPSA) is 30.9 Å². The summed E-state index contributed by atoms with van der Waals surface area (Å²) in [5, 5.41) is 0. The van der Waals surface area contributed by atoms with Gasteiger partial charge in [0, 0.05) is 19.6 Å². The molecule has 4 nitrogen and oxygen atoms in total. The zero-order valence-corrected chi connectivity index (χ0v) is 6.91. The van der Waals surface area contributed by atoms with Crippen molar-refractivity contribution in [1.29, 1.82) is 0 Å². The van der Waals surface area contributed by atoms with Gasteiger partial charge in [0.2, 0.25) is 0 Å². The molecule has 0 bridgehead atoms. The molecule has 1 rings (SSSR count). The molecule has 0 amide bonds. The van der Waals surface area contributed by atoms with Crippen LogP contribution in [0.2, 0.25) is 0 Å². The van der Waals surface area contributed by atoms with Crippen molar-refractivity contribution < 1.29 is 14.5 Å². The molecule has 0 spiro atoms.